The lowest BCUT2D eigenvalue weighted by Crippen LogP contribution is -2.33. The molecule has 1 aliphatic rings. The van der Waals surface area contributed by atoms with Crippen molar-refractivity contribution in [1.29, 1.82) is 0 Å². The zero-order chi connectivity index (χ0) is 8.27. The Bertz CT molecular complexity index is 106. The minimum Gasteiger partial charge on any atom is -0.393 e. The molecule has 65 valence electrons. The molecular weight excluding hydrogens is 138 g/mol. The average Bonchev–Trinajstić information content (AvgIpc) is 1.93. The van der Waals surface area contributed by atoms with Gasteiger partial charge in [0.2, 0.25) is 0 Å². The number of aliphatic hydroxyl groups is 1. The van der Waals surface area contributed by atoms with Gasteiger partial charge in [-0.15, -0.1) is 0 Å². The molecule has 1 rings (SSSR count). The van der Waals surface area contributed by atoms with Gasteiger partial charge in [-0.2, -0.15) is 0 Å². The van der Waals surface area contributed by atoms with Gasteiger partial charge < -0.3 is 5.11 Å². The zero-order valence-corrected chi connectivity index (χ0v) is 7.45. The molecule has 2 nitrogen and oxygen atoms in total. The first-order valence-electron chi connectivity index (χ1n) is 4.56. The van der Waals surface area contributed by atoms with Gasteiger partial charge >= 0.3 is 0 Å². The van der Waals surface area contributed by atoms with Crippen LogP contribution in [0.5, 0.6) is 0 Å². The van der Waals surface area contributed by atoms with E-state index in [0.717, 1.165) is 25.7 Å². The molecule has 0 saturated heterocycles. The van der Waals surface area contributed by atoms with Crippen molar-refractivity contribution in [2.45, 2.75) is 57.7 Å². The Morgan fingerprint density at radius 2 is 1.73 bits per heavy atom. The summed E-state index contributed by atoms with van der Waals surface area (Å²) in [5, 5.41) is 13.8. The summed E-state index contributed by atoms with van der Waals surface area (Å²) in [4.78, 5) is 0. The molecule has 0 aromatic carbocycles. The summed E-state index contributed by atoms with van der Waals surface area (Å²) >= 11 is 0. The first kappa shape index (κ1) is 9.01. The van der Waals surface area contributed by atoms with Crippen LogP contribution in [0.15, 0.2) is 0 Å². The molecule has 0 heterocycles. The van der Waals surface area contributed by atoms with Crippen LogP contribution in [0, 0.1) is 0 Å². The molecule has 2 heteroatoms. The van der Waals surface area contributed by atoms with E-state index in [-0.39, 0.29) is 6.10 Å². The van der Waals surface area contributed by atoms with Gasteiger partial charge in [0.05, 0.1) is 6.10 Å². The van der Waals surface area contributed by atoms with Gasteiger partial charge in [0.15, 0.2) is 0 Å². The summed E-state index contributed by atoms with van der Waals surface area (Å²) in [7, 11) is 0. The predicted molar refractivity (Wildman–Crippen MR) is 45.5 cm³/mol. The third kappa shape index (κ3) is 3.21. The van der Waals surface area contributed by atoms with E-state index in [1.165, 1.54) is 0 Å². The molecular formula is C9H18NO. The molecule has 0 bridgehead atoms. The van der Waals surface area contributed by atoms with E-state index in [4.69, 9.17) is 0 Å². The number of hydrogen-bond acceptors (Lipinski definition) is 1. The summed E-state index contributed by atoms with van der Waals surface area (Å²) in [6, 6.07) is 0.980. The van der Waals surface area contributed by atoms with Gasteiger partial charge in [0.25, 0.3) is 0 Å². The first-order chi connectivity index (χ1) is 5.18. The van der Waals surface area contributed by atoms with E-state index in [1.807, 2.05) is 0 Å². The summed E-state index contributed by atoms with van der Waals surface area (Å²) in [5.74, 6) is 0. The molecule has 1 fully saturated rings. The van der Waals surface area contributed by atoms with Crippen LogP contribution in [0.25, 0.3) is 0 Å². The van der Waals surface area contributed by atoms with Crippen LogP contribution >= 0.6 is 0 Å². The van der Waals surface area contributed by atoms with Crippen LogP contribution in [0.1, 0.15) is 39.5 Å². The van der Waals surface area contributed by atoms with Crippen LogP contribution in [-0.2, 0) is 0 Å². The zero-order valence-electron chi connectivity index (χ0n) is 7.45. The summed E-state index contributed by atoms with van der Waals surface area (Å²) in [6.45, 7) is 4.23. The Morgan fingerprint density at radius 1 is 1.18 bits per heavy atom. The molecule has 1 saturated carbocycles. The molecule has 0 spiro atoms. The lowest BCUT2D eigenvalue weighted by molar-refractivity contribution is 0.114. The van der Waals surface area contributed by atoms with Crippen molar-refractivity contribution in [3.05, 3.63) is 0 Å². The maximum Gasteiger partial charge on any atom is 0.0541 e. The second-order valence-electron chi connectivity index (χ2n) is 3.71. The third-order valence-corrected chi connectivity index (χ3v) is 2.18. The van der Waals surface area contributed by atoms with Crippen LogP contribution in [0.2, 0.25) is 0 Å². The number of nitrogens with zero attached hydrogens (tertiary/aromatic N) is 1. The van der Waals surface area contributed by atoms with Crippen molar-refractivity contribution in [3.8, 4) is 0 Å². The summed E-state index contributed by atoms with van der Waals surface area (Å²) in [5.41, 5.74) is 0. The highest BCUT2D eigenvalue weighted by Crippen LogP contribution is 2.19. The largest absolute Gasteiger partial charge is 0.393 e. The van der Waals surface area contributed by atoms with E-state index < -0.39 is 0 Å². The quantitative estimate of drug-likeness (QED) is 0.642. The van der Waals surface area contributed by atoms with E-state index in [0.29, 0.717) is 12.1 Å². The van der Waals surface area contributed by atoms with E-state index in [1.54, 1.807) is 0 Å². The Labute approximate surface area is 69.0 Å². The van der Waals surface area contributed by atoms with Crippen molar-refractivity contribution < 1.29 is 5.11 Å². The Hall–Kier alpha value is -0.0800. The fourth-order valence-corrected chi connectivity index (χ4v) is 1.63. The molecule has 0 unspecified atom stereocenters. The summed E-state index contributed by atoms with van der Waals surface area (Å²) in [6.07, 6.45) is 4.01. The maximum absolute atomic E-state index is 9.22. The standard InChI is InChI=1S/C9H18NO/c1-7(2)10-8-3-5-9(11)6-4-8/h7-9,11H,3-6H2,1-2H3. The second-order valence-corrected chi connectivity index (χ2v) is 3.71. The minimum atomic E-state index is -0.0476. The van der Waals surface area contributed by atoms with Gasteiger partial charge in [-0.1, -0.05) is 0 Å². The molecule has 0 aromatic heterocycles. The second kappa shape index (κ2) is 4.07. The SMILES string of the molecule is CC(C)[N]C1CCC(O)CC1. The van der Waals surface area contributed by atoms with Crippen molar-refractivity contribution in [1.82, 2.24) is 5.32 Å². The minimum absolute atomic E-state index is 0.0476. The van der Waals surface area contributed by atoms with Crippen molar-refractivity contribution in [2.75, 3.05) is 0 Å². The van der Waals surface area contributed by atoms with Gasteiger partial charge in [-0.3, -0.25) is 0 Å². The number of hydrogen-bond donors (Lipinski definition) is 1. The van der Waals surface area contributed by atoms with Crippen LogP contribution in [0.3, 0.4) is 0 Å². The van der Waals surface area contributed by atoms with Crippen molar-refractivity contribution in [2.24, 2.45) is 0 Å². The lowest BCUT2D eigenvalue weighted by atomic mass is 9.93. The van der Waals surface area contributed by atoms with Crippen LogP contribution < -0.4 is 5.32 Å². The number of aliphatic hydroxyl groups excluding tert-OH is 1. The Morgan fingerprint density at radius 3 is 2.18 bits per heavy atom. The fraction of sp³-hybridized carbons (Fsp3) is 1.00. The molecule has 0 amide bonds. The Kier molecular flexibility index (Phi) is 3.34. The Balaban J connectivity index is 2.17. The van der Waals surface area contributed by atoms with Crippen molar-refractivity contribution in [3.63, 3.8) is 0 Å². The molecule has 11 heavy (non-hydrogen) atoms. The first-order valence-corrected chi connectivity index (χ1v) is 4.56. The monoisotopic (exact) mass is 156 g/mol. The fourth-order valence-electron chi connectivity index (χ4n) is 1.63. The normalized spacial score (nSPS) is 32.7. The highest BCUT2D eigenvalue weighted by molar-refractivity contribution is 4.77. The van der Waals surface area contributed by atoms with E-state index >= 15 is 0 Å². The molecule has 0 aromatic rings. The molecule has 0 atom stereocenters. The van der Waals surface area contributed by atoms with Crippen LogP contribution in [-0.4, -0.2) is 23.3 Å². The average molecular weight is 156 g/mol. The highest BCUT2D eigenvalue weighted by Gasteiger charge is 2.19. The van der Waals surface area contributed by atoms with Crippen LogP contribution in [0.4, 0.5) is 0 Å². The van der Waals surface area contributed by atoms with Crippen molar-refractivity contribution >= 4 is 0 Å². The molecule has 1 N–H and O–H groups in total. The topological polar surface area (TPSA) is 34.3 Å². The lowest BCUT2D eigenvalue weighted by Gasteiger charge is -2.26. The molecule has 1 aliphatic carbocycles. The van der Waals surface area contributed by atoms with E-state index in [9.17, 15) is 5.11 Å². The molecule has 1 radical (unpaired) electrons. The predicted octanol–water partition coefficient (Wildman–Crippen LogP) is 1.30. The maximum atomic E-state index is 9.22. The smallest absolute Gasteiger partial charge is 0.0541 e. The summed E-state index contributed by atoms with van der Waals surface area (Å²) < 4.78 is 0. The van der Waals surface area contributed by atoms with Gasteiger partial charge in [0.1, 0.15) is 0 Å². The third-order valence-electron chi connectivity index (χ3n) is 2.18. The van der Waals surface area contributed by atoms with E-state index in [2.05, 4.69) is 19.2 Å². The number of rotatable bonds is 2. The van der Waals surface area contributed by atoms with Gasteiger partial charge in [-0.25, -0.2) is 5.32 Å². The van der Waals surface area contributed by atoms with Gasteiger partial charge in [-0.05, 0) is 39.5 Å². The highest BCUT2D eigenvalue weighted by atomic mass is 16.3. The van der Waals surface area contributed by atoms with Gasteiger partial charge in [0, 0.05) is 12.1 Å². The molecule has 0 aliphatic heterocycles.